The molecule has 0 fully saturated rings. The van der Waals surface area contributed by atoms with Gasteiger partial charge in [-0.2, -0.15) is 5.10 Å². The van der Waals surface area contributed by atoms with Crippen molar-refractivity contribution in [3.8, 4) is 5.75 Å². The van der Waals surface area contributed by atoms with E-state index in [1.807, 2.05) is 35.0 Å². The van der Waals surface area contributed by atoms with E-state index in [4.69, 9.17) is 4.74 Å². The lowest BCUT2D eigenvalue weighted by Crippen LogP contribution is -2.23. The Kier molecular flexibility index (Phi) is 4.32. The fourth-order valence-electron chi connectivity index (χ4n) is 3.53. The molecule has 0 saturated carbocycles. The summed E-state index contributed by atoms with van der Waals surface area (Å²) in [5, 5.41) is 7.38. The maximum Gasteiger partial charge on any atom is 0.257 e. The molecule has 3 aromatic rings. The molecule has 1 unspecified atom stereocenters. The number of aryl methyl sites for hydroxylation is 1. The lowest BCUT2D eigenvalue weighted by molar-refractivity contribution is 0.0952. The zero-order valence-electron chi connectivity index (χ0n) is 15.0. The number of carbonyl (C=O) groups excluding carboxylic acids is 1. The molecule has 134 valence electrons. The summed E-state index contributed by atoms with van der Waals surface area (Å²) in [6.45, 7) is 2.68. The lowest BCUT2D eigenvalue weighted by Gasteiger charge is -2.21. The number of nitrogens with one attached hydrogen (secondary N) is 1. The SMILES string of the molecule is COc1cccc(CNC(=O)c2cnn3c4c(cnc23)CC(C)CC4)c1. The Morgan fingerprint density at radius 3 is 3.12 bits per heavy atom. The molecule has 1 amide bonds. The molecule has 0 spiro atoms. The molecular formula is C20H22N4O2. The molecule has 6 heteroatoms. The fourth-order valence-corrected chi connectivity index (χ4v) is 3.53. The first-order valence-corrected chi connectivity index (χ1v) is 8.91. The third-order valence-corrected chi connectivity index (χ3v) is 4.99. The van der Waals surface area contributed by atoms with Crippen molar-refractivity contribution < 1.29 is 9.53 Å². The second kappa shape index (κ2) is 6.78. The summed E-state index contributed by atoms with van der Waals surface area (Å²) in [5.74, 6) is 1.28. The molecule has 1 N–H and O–H groups in total. The van der Waals surface area contributed by atoms with E-state index >= 15 is 0 Å². The van der Waals surface area contributed by atoms with Gasteiger partial charge in [0, 0.05) is 18.4 Å². The predicted molar refractivity (Wildman–Crippen MR) is 98.3 cm³/mol. The number of hydrogen-bond acceptors (Lipinski definition) is 4. The van der Waals surface area contributed by atoms with E-state index in [1.54, 1.807) is 13.3 Å². The molecule has 1 aromatic carbocycles. The number of fused-ring (bicyclic) bond motifs is 3. The molecular weight excluding hydrogens is 328 g/mol. The standard InChI is InChI=1S/C20H22N4O2/c1-13-6-7-18-15(8-13)11-21-19-17(12-23-24(18)19)20(25)22-10-14-4-3-5-16(9-14)26-2/h3-5,9,11-13H,6-8,10H2,1-2H3,(H,22,25). The Labute approximate surface area is 152 Å². The number of carbonyl (C=O) groups is 1. The highest BCUT2D eigenvalue weighted by atomic mass is 16.5. The van der Waals surface area contributed by atoms with Gasteiger partial charge in [-0.05, 0) is 48.4 Å². The Morgan fingerprint density at radius 1 is 1.38 bits per heavy atom. The van der Waals surface area contributed by atoms with Crippen molar-refractivity contribution in [3.63, 3.8) is 0 Å². The normalized spacial score (nSPS) is 16.3. The van der Waals surface area contributed by atoms with Crippen LogP contribution in [0.2, 0.25) is 0 Å². The van der Waals surface area contributed by atoms with Crippen molar-refractivity contribution in [1.29, 1.82) is 0 Å². The van der Waals surface area contributed by atoms with E-state index in [9.17, 15) is 4.79 Å². The van der Waals surface area contributed by atoms with Gasteiger partial charge in [-0.15, -0.1) is 0 Å². The van der Waals surface area contributed by atoms with Crippen LogP contribution in [-0.2, 0) is 19.4 Å². The van der Waals surface area contributed by atoms with Gasteiger partial charge in [0.05, 0.1) is 13.3 Å². The molecule has 0 aliphatic heterocycles. The van der Waals surface area contributed by atoms with Crippen molar-refractivity contribution >= 4 is 11.6 Å². The molecule has 0 radical (unpaired) electrons. The summed E-state index contributed by atoms with van der Waals surface area (Å²) in [5.41, 5.74) is 4.53. The molecule has 6 nitrogen and oxygen atoms in total. The van der Waals surface area contributed by atoms with Gasteiger partial charge >= 0.3 is 0 Å². The van der Waals surface area contributed by atoms with Crippen molar-refractivity contribution in [2.45, 2.75) is 32.7 Å². The quantitative estimate of drug-likeness (QED) is 0.786. The van der Waals surface area contributed by atoms with E-state index in [0.29, 0.717) is 23.7 Å². The molecule has 1 aliphatic rings. The fraction of sp³-hybridized carbons (Fsp3) is 0.350. The second-order valence-electron chi connectivity index (χ2n) is 6.91. The van der Waals surface area contributed by atoms with E-state index < -0.39 is 0 Å². The Morgan fingerprint density at radius 2 is 2.27 bits per heavy atom. The zero-order valence-corrected chi connectivity index (χ0v) is 15.0. The van der Waals surface area contributed by atoms with Gasteiger partial charge in [0.15, 0.2) is 5.65 Å². The Balaban J connectivity index is 1.55. The van der Waals surface area contributed by atoms with E-state index in [-0.39, 0.29) is 5.91 Å². The third-order valence-electron chi connectivity index (χ3n) is 4.99. The van der Waals surface area contributed by atoms with Gasteiger partial charge in [-0.3, -0.25) is 4.79 Å². The number of amides is 1. The van der Waals surface area contributed by atoms with Crippen LogP contribution in [0, 0.1) is 5.92 Å². The minimum absolute atomic E-state index is 0.167. The van der Waals surface area contributed by atoms with E-state index in [1.165, 1.54) is 11.3 Å². The number of rotatable bonds is 4. The number of nitrogens with zero attached hydrogens (tertiary/aromatic N) is 3. The summed E-state index contributed by atoms with van der Waals surface area (Å²) in [7, 11) is 1.63. The summed E-state index contributed by atoms with van der Waals surface area (Å²) in [6, 6.07) is 7.65. The van der Waals surface area contributed by atoms with Crippen LogP contribution in [0.25, 0.3) is 5.65 Å². The molecule has 2 aromatic heterocycles. The van der Waals surface area contributed by atoms with Crippen LogP contribution in [0.1, 0.15) is 40.5 Å². The highest BCUT2D eigenvalue weighted by Gasteiger charge is 2.21. The average Bonchev–Trinajstić information content (AvgIpc) is 3.10. The van der Waals surface area contributed by atoms with Crippen molar-refractivity contribution in [2.75, 3.05) is 7.11 Å². The maximum absolute atomic E-state index is 12.6. The van der Waals surface area contributed by atoms with Crippen LogP contribution in [0.15, 0.2) is 36.7 Å². The number of benzene rings is 1. The second-order valence-corrected chi connectivity index (χ2v) is 6.91. The molecule has 2 heterocycles. The Bertz CT molecular complexity index is 964. The highest BCUT2D eigenvalue weighted by molar-refractivity contribution is 5.99. The van der Waals surface area contributed by atoms with Crippen molar-refractivity contribution in [2.24, 2.45) is 5.92 Å². The first-order chi connectivity index (χ1) is 12.7. The van der Waals surface area contributed by atoms with Crippen molar-refractivity contribution in [3.05, 3.63) is 59.0 Å². The van der Waals surface area contributed by atoms with E-state index in [0.717, 1.165) is 30.6 Å². The first kappa shape index (κ1) is 16.6. The summed E-state index contributed by atoms with van der Waals surface area (Å²) in [6.07, 6.45) is 6.66. The van der Waals surface area contributed by atoms with E-state index in [2.05, 4.69) is 22.3 Å². The maximum atomic E-state index is 12.6. The van der Waals surface area contributed by atoms with Gasteiger partial charge in [-0.1, -0.05) is 19.1 Å². The summed E-state index contributed by atoms with van der Waals surface area (Å²) in [4.78, 5) is 17.1. The third kappa shape index (κ3) is 3.03. The van der Waals surface area contributed by atoms with Crippen LogP contribution in [0.5, 0.6) is 5.75 Å². The lowest BCUT2D eigenvalue weighted by atomic mass is 9.89. The minimum Gasteiger partial charge on any atom is -0.497 e. The number of ether oxygens (including phenoxy) is 1. The molecule has 26 heavy (non-hydrogen) atoms. The van der Waals surface area contributed by atoms with Crippen LogP contribution >= 0.6 is 0 Å². The average molecular weight is 350 g/mol. The van der Waals surface area contributed by atoms with Gasteiger partial charge in [0.25, 0.3) is 5.91 Å². The summed E-state index contributed by atoms with van der Waals surface area (Å²) < 4.78 is 7.05. The van der Waals surface area contributed by atoms with Gasteiger partial charge in [-0.25, -0.2) is 9.50 Å². The molecule has 1 aliphatic carbocycles. The van der Waals surface area contributed by atoms with Crippen LogP contribution in [0.4, 0.5) is 0 Å². The zero-order chi connectivity index (χ0) is 18.1. The molecule has 0 bridgehead atoms. The van der Waals surface area contributed by atoms with Gasteiger partial charge < -0.3 is 10.1 Å². The number of methoxy groups -OCH3 is 1. The molecule has 4 rings (SSSR count). The van der Waals surface area contributed by atoms with Crippen LogP contribution in [0.3, 0.4) is 0 Å². The Hall–Kier alpha value is -2.89. The van der Waals surface area contributed by atoms with Crippen LogP contribution in [-0.4, -0.2) is 27.6 Å². The largest absolute Gasteiger partial charge is 0.497 e. The molecule has 0 saturated heterocycles. The predicted octanol–water partition coefficient (Wildman–Crippen LogP) is 2.79. The monoisotopic (exact) mass is 350 g/mol. The topological polar surface area (TPSA) is 68.5 Å². The minimum atomic E-state index is -0.167. The van der Waals surface area contributed by atoms with Gasteiger partial charge in [0.2, 0.25) is 0 Å². The van der Waals surface area contributed by atoms with Gasteiger partial charge in [0.1, 0.15) is 11.3 Å². The van der Waals surface area contributed by atoms with Crippen molar-refractivity contribution in [1.82, 2.24) is 19.9 Å². The summed E-state index contributed by atoms with van der Waals surface area (Å²) >= 11 is 0. The number of hydrogen-bond donors (Lipinski definition) is 1. The molecule has 1 atom stereocenters. The number of aromatic nitrogens is 3. The highest BCUT2D eigenvalue weighted by Crippen LogP contribution is 2.25. The van der Waals surface area contributed by atoms with Crippen LogP contribution < -0.4 is 10.1 Å². The smallest absolute Gasteiger partial charge is 0.257 e. The first-order valence-electron chi connectivity index (χ1n) is 8.91.